The monoisotopic (exact) mass is 1520 g/mol. The first-order valence-electron chi connectivity index (χ1n) is 37.4. The Balaban J connectivity index is 0.000000108. The van der Waals surface area contributed by atoms with Crippen LogP contribution in [0.5, 0.6) is 0 Å². The maximum Gasteiger partial charge on any atom is 0.164 e. The van der Waals surface area contributed by atoms with Gasteiger partial charge in [-0.15, -0.1) is 34.0 Å². The van der Waals surface area contributed by atoms with Crippen molar-refractivity contribution in [3.05, 3.63) is 371 Å². The van der Waals surface area contributed by atoms with Gasteiger partial charge in [-0.05, 0) is 115 Å². The van der Waals surface area contributed by atoms with Crippen molar-refractivity contribution in [3.8, 4) is 108 Å². The van der Waals surface area contributed by atoms with E-state index in [1.807, 2.05) is 167 Å². The average molecular weight is 1520 g/mol. The van der Waals surface area contributed by atoms with E-state index in [9.17, 15) is 0 Å². The molecule has 0 bridgehead atoms. The van der Waals surface area contributed by atoms with Crippen LogP contribution in [0.15, 0.2) is 371 Å². The van der Waals surface area contributed by atoms with Gasteiger partial charge in [-0.25, -0.2) is 49.8 Å². The van der Waals surface area contributed by atoms with Crippen molar-refractivity contribution in [2.75, 3.05) is 0 Å². The molecule has 0 unspecified atom stereocenters. The van der Waals surface area contributed by atoms with Crippen LogP contribution in [-0.4, -0.2) is 63.5 Å². The predicted molar refractivity (Wildman–Crippen MR) is 470 cm³/mol. The summed E-state index contributed by atoms with van der Waals surface area (Å²) in [5.41, 5.74) is 14.5. The lowest BCUT2D eigenvalue weighted by atomic mass is 10.1. The second-order valence-electron chi connectivity index (χ2n) is 27.5. The molecule has 0 amide bonds. The molecule has 0 fully saturated rings. The highest BCUT2D eigenvalue weighted by atomic mass is 32.1. The van der Waals surface area contributed by atoms with Crippen molar-refractivity contribution < 1.29 is 0 Å². The van der Waals surface area contributed by atoms with Gasteiger partial charge in [0.05, 0.1) is 16.6 Å². The zero-order chi connectivity index (χ0) is 75.4. The zero-order valence-electron chi connectivity index (χ0n) is 60.8. The summed E-state index contributed by atoms with van der Waals surface area (Å²) in [4.78, 5) is 51.3. The summed E-state index contributed by atoms with van der Waals surface area (Å²) < 4.78 is 10.9. The summed E-state index contributed by atoms with van der Waals surface area (Å²) in [5.74, 6) is 5.34. The summed E-state index contributed by atoms with van der Waals surface area (Å²) in [6.07, 6.45) is 7.07. The number of fused-ring (bicyclic) bond motifs is 15. The highest BCUT2D eigenvalue weighted by Gasteiger charge is 2.24. The molecular formula is C98H61N13S3. The fourth-order valence-corrected chi connectivity index (χ4v) is 19.1. The molecule has 0 spiro atoms. The molecule has 13 nitrogen and oxygen atoms in total. The molecule has 23 rings (SSSR count). The molecule has 536 valence electrons. The summed E-state index contributed by atoms with van der Waals surface area (Å²) in [6.45, 7) is 0. The second kappa shape index (κ2) is 29.0. The van der Waals surface area contributed by atoms with Crippen LogP contribution in [-0.2, 0) is 0 Å². The van der Waals surface area contributed by atoms with Crippen LogP contribution in [0.2, 0.25) is 0 Å². The minimum absolute atomic E-state index is 0.662. The molecular weight excluding hydrogens is 1460 g/mol. The van der Waals surface area contributed by atoms with E-state index < -0.39 is 0 Å². The third-order valence-corrected chi connectivity index (χ3v) is 24.0. The van der Waals surface area contributed by atoms with Gasteiger partial charge in [0.25, 0.3) is 0 Å². The van der Waals surface area contributed by atoms with Gasteiger partial charge >= 0.3 is 0 Å². The van der Waals surface area contributed by atoms with Gasteiger partial charge in [-0.2, -0.15) is 0 Å². The molecule has 16 heteroatoms. The van der Waals surface area contributed by atoms with Gasteiger partial charge in [-0.1, -0.05) is 231 Å². The highest BCUT2D eigenvalue weighted by Crippen LogP contribution is 2.47. The van der Waals surface area contributed by atoms with E-state index in [1.165, 1.54) is 93.6 Å². The summed E-state index contributed by atoms with van der Waals surface area (Å²) >= 11 is 5.47. The Morgan fingerprint density at radius 1 is 0.184 bits per heavy atom. The Bertz CT molecular complexity index is 7350. The molecule has 13 aromatic carbocycles. The molecule has 0 saturated heterocycles. The standard InChI is InChI=1S/2C35H22N4S.C28H17N5S/c1-4-12-23(13-5-1)32-36-33(24-14-6-2-7-15-24)38-34(37-32)25-20-21-29-28(22-25)31-27-18-10-11-19-30(27)40-35(31)39(29)26-16-8-3-9-17-26;1-4-12-23(13-5-1)32-36-33(24-14-6-2-7-15-24)38-34(37-32)25-20-21-30-28(22-25)31-27-18-10-11-19-29(27)39(35(31)40-30)26-16-8-3-9-17-26;1-3-9-23-21(7-1)25-22-8-2-4-10-24(22)34-28(25)33(23)20-16-18(26-29-11-5-12-30-26)15-19(17-20)27-31-13-6-14-32-27/h2*1-22H;1-17H. The maximum atomic E-state index is 4.97. The third kappa shape index (κ3) is 12.3. The second-order valence-corrected chi connectivity index (χ2v) is 30.6. The Labute approximate surface area is 665 Å². The van der Waals surface area contributed by atoms with Gasteiger partial charge < -0.3 is 13.7 Å². The molecule has 0 atom stereocenters. The zero-order valence-corrected chi connectivity index (χ0v) is 63.2. The van der Waals surface area contributed by atoms with Crippen LogP contribution in [0.25, 0.3) is 202 Å². The van der Waals surface area contributed by atoms with E-state index >= 15 is 0 Å². The molecule has 0 aliphatic carbocycles. The van der Waals surface area contributed by atoms with Gasteiger partial charge in [0.2, 0.25) is 0 Å². The normalized spacial score (nSPS) is 11.5. The maximum absolute atomic E-state index is 4.97. The summed E-state index contributed by atoms with van der Waals surface area (Å²) in [6, 6.07) is 119. The van der Waals surface area contributed by atoms with Gasteiger partial charge in [-0.3, -0.25) is 0 Å². The van der Waals surface area contributed by atoms with Crippen molar-refractivity contribution in [2.24, 2.45) is 0 Å². The Morgan fingerprint density at radius 2 is 0.482 bits per heavy atom. The molecule has 0 radical (unpaired) electrons. The summed E-state index contributed by atoms with van der Waals surface area (Å²) in [7, 11) is 0. The number of benzene rings is 13. The minimum Gasteiger partial charge on any atom is -0.301 e. The van der Waals surface area contributed by atoms with E-state index in [-0.39, 0.29) is 0 Å². The fraction of sp³-hybridized carbons (Fsp3) is 0. The first-order valence-corrected chi connectivity index (χ1v) is 39.9. The average Bonchev–Trinajstić information content (AvgIpc) is 1.58. The number of hydrogen-bond donors (Lipinski definition) is 0. The van der Waals surface area contributed by atoms with Gasteiger partial charge in [0.15, 0.2) is 46.6 Å². The Kier molecular flexibility index (Phi) is 17.1. The van der Waals surface area contributed by atoms with Crippen LogP contribution in [0.4, 0.5) is 0 Å². The van der Waals surface area contributed by atoms with Crippen LogP contribution in [0.3, 0.4) is 0 Å². The van der Waals surface area contributed by atoms with Crippen molar-refractivity contribution in [1.82, 2.24) is 63.5 Å². The van der Waals surface area contributed by atoms with E-state index in [0.29, 0.717) is 46.6 Å². The lowest BCUT2D eigenvalue weighted by molar-refractivity contribution is 1.07. The van der Waals surface area contributed by atoms with E-state index in [0.717, 1.165) is 61.6 Å². The molecule has 23 aromatic rings. The Morgan fingerprint density at radius 3 is 0.895 bits per heavy atom. The molecule has 0 aliphatic heterocycles. The number of hydrogen-bond acceptors (Lipinski definition) is 13. The molecule has 0 aliphatic rings. The number of nitrogens with zero attached hydrogens (tertiary/aromatic N) is 13. The van der Waals surface area contributed by atoms with E-state index in [2.05, 4.69) is 246 Å². The first kappa shape index (κ1) is 67.4. The van der Waals surface area contributed by atoms with Gasteiger partial charge in [0, 0.05) is 149 Å². The van der Waals surface area contributed by atoms with Crippen LogP contribution in [0, 0.1) is 0 Å². The number of aromatic nitrogens is 13. The number of rotatable bonds is 11. The van der Waals surface area contributed by atoms with Crippen molar-refractivity contribution in [2.45, 2.75) is 0 Å². The molecule has 0 N–H and O–H groups in total. The van der Waals surface area contributed by atoms with Gasteiger partial charge in [0.1, 0.15) is 14.5 Å². The van der Waals surface area contributed by atoms with Crippen molar-refractivity contribution in [1.29, 1.82) is 0 Å². The smallest absolute Gasteiger partial charge is 0.164 e. The lowest BCUT2D eigenvalue weighted by Gasteiger charge is -2.12. The van der Waals surface area contributed by atoms with E-state index in [4.69, 9.17) is 29.9 Å². The number of para-hydroxylation sites is 4. The fourth-order valence-electron chi connectivity index (χ4n) is 15.4. The highest BCUT2D eigenvalue weighted by molar-refractivity contribution is 7.26. The lowest BCUT2D eigenvalue weighted by Crippen LogP contribution is -2.00. The number of thiophene rings is 3. The van der Waals surface area contributed by atoms with Crippen LogP contribution >= 0.6 is 34.0 Å². The molecule has 10 heterocycles. The molecule has 0 saturated carbocycles. The van der Waals surface area contributed by atoms with Crippen LogP contribution in [0.1, 0.15) is 0 Å². The molecule has 114 heavy (non-hydrogen) atoms. The van der Waals surface area contributed by atoms with E-state index in [1.54, 1.807) is 24.8 Å². The summed E-state index contributed by atoms with van der Waals surface area (Å²) in [5, 5.41) is 11.3. The van der Waals surface area contributed by atoms with Crippen molar-refractivity contribution >= 4 is 128 Å². The third-order valence-electron chi connectivity index (χ3n) is 20.5. The quantitative estimate of drug-likeness (QED) is 0.123. The SMILES string of the molecule is c1ccc(-c2nc(-c3ccccc3)nc(-c3ccc4c(c3)c3c5ccccc5sc3n4-c3ccccc3)n2)cc1.c1ccc(-c2nc(-c3ccccc3)nc(-c3ccc4sc5c(c4c3)c3ccccc3n5-c3ccccc3)n2)cc1.c1cnc(-c2cc(-c3ncccn3)cc(-n3c4ccccc4c4c5ccccc5sc43)c2)nc1. The topological polar surface area (TPSA) is 144 Å². The van der Waals surface area contributed by atoms with Crippen molar-refractivity contribution in [3.63, 3.8) is 0 Å². The minimum atomic E-state index is 0.662. The molecule has 10 aromatic heterocycles. The predicted octanol–water partition coefficient (Wildman–Crippen LogP) is 25.3. The first-order chi connectivity index (χ1) is 56.5. The Hall–Kier alpha value is -14.7. The van der Waals surface area contributed by atoms with Crippen LogP contribution < -0.4 is 0 Å². The largest absolute Gasteiger partial charge is 0.301 e.